The van der Waals surface area contributed by atoms with Gasteiger partial charge in [-0.25, -0.2) is 4.79 Å². The van der Waals surface area contributed by atoms with Crippen molar-refractivity contribution in [1.82, 2.24) is 4.90 Å². The molecule has 1 unspecified atom stereocenters. The van der Waals surface area contributed by atoms with Crippen LogP contribution >= 0.6 is 23.4 Å². The van der Waals surface area contributed by atoms with E-state index in [0.717, 1.165) is 18.4 Å². The first kappa shape index (κ1) is 28.2. The van der Waals surface area contributed by atoms with Crippen LogP contribution in [0.3, 0.4) is 0 Å². The number of piperidine rings is 1. The van der Waals surface area contributed by atoms with Crippen molar-refractivity contribution in [2.45, 2.75) is 52.9 Å². The van der Waals surface area contributed by atoms with Gasteiger partial charge in [0.2, 0.25) is 5.91 Å². The molecule has 0 bridgehead atoms. The van der Waals surface area contributed by atoms with Gasteiger partial charge in [0.25, 0.3) is 0 Å². The molecule has 1 aliphatic heterocycles. The van der Waals surface area contributed by atoms with Crippen LogP contribution in [0, 0.1) is 11.8 Å². The molecule has 4 nitrogen and oxygen atoms in total. The lowest BCUT2D eigenvalue weighted by molar-refractivity contribution is -0.191. The molecule has 2 rings (SSSR count). The second-order valence-electron chi connectivity index (χ2n) is 7.53. The molecule has 0 aromatic heterocycles. The third-order valence-electron chi connectivity index (χ3n) is 5.35. The van der Waals surface area contributed by atoms with E-state index in [4.69, 9.17) is 11.6 Å². The average Bonchev–Trinajstić information content (AvgIpc) is 2.85. The maximum Gasteiger partial charge on any atom is 0.351 e. The zero-order chi connectivity index (χ0) is 23.9. The van der Waals surface area contributed by atoms with E-state index < -0.39 is 11.9 Å². The molecule has 0 aromatic carbocycles. The second kappa shape index (κ2) is 15.9. The number of hydrogen-bond acceptors (Lipinski definition) is 4. The monoisotopic (exact) mass is 483 g/mol. The minimum atomic E-state index is -0.842. The van der Waals surface area contributed by atoms with E-state index in [0.29, 0.717) is 43.1 Å². The molecule has 0 radical (unpaired) electrons. The molecule has 1 atom stereocenters. The molecule has 178 valence electrons. The fraction of sp³-hybridized carbons (Fsp3) is 0.520. The summed E-state index contributed by atoms with van der Waals surface area (Å²) in [4.78, 5) is 31.1. The van der Waals surface area contributed by atoms with Crippen LogP contribution in [0.25, 0.3) is 0 Å². The van der Waals surface area contributed by atoms with Crippen LogP contribution in [0.15, 0.2) is 58.5 Å². The van der Waals surface area contributed by atoms with Crippen molar-refractivity contribution in [2.24, 2.45) is 11.8 Å². The highest BCUT2D eigenvalue weighted by Gasteiger charge is 2.32. The topological polar surface area (TPSA) is 46.6 Å². The Hall–Kier alpha value is -1.79. The third-order valence-corrected chi connectivity index (χ3v) is 7.08. The molecule has 0 N–H and O–H groups in total. The molecule has 1 aliphatic carbocycles. The molecule has 1 heterocycles. The summed E-state index contributed by atoms with van der Waals surface area (Å²) < 4.78 is 12.2. The van der Waals surface area contributed by atoms with Crippen LogP contribution in [-0.2, 0) is 14.5 Å². The fourth-order valence-corrected chi connectivity index (χ4v) is 4.81. The molecule has 1 saturated heterocycles. The van der Waals surface area contributed by atoms with Gasteiger partial charge >= 0.3 is 5.97 Å². The van der Waals surface area contributed by atoms with Crippen LogP contribution < -0.4 is 0 Å². The molecule has 7 heteroatoms. The highest BCUT2D eigenvalue weighted by Crippen LogP contribution is 2.31. The third kappa shape index (κ3) is 9.37. The first-order chi connectivity index (χ1) is 15.5. The van der Waals surface area contributed by atoms with Gasteiger partial charge < -0.3 is 4.90 Å². The number of allylic oxidation sites excluding steroid dienone is 9. The van der Waals surface area contributed by atoms with Gasteiger partial charge in [0.05, 0.1) is 11.8 Å². The van der Waals surface area contributed by atoms with Crippen molar-refractivity contribution in [3.05, 3.63) is 58.5 Å². The van der Waals surface area contributed by atoms with Crippen molar-refractivity contribution in [3.8, 4) is 0 Å². The predicted molar refractivity (Wildman–Crippen MR) is 133 cm³/mol. The van der Waals surface area contributed by atoms with Crippen molar-refractivity contribution < 1.29 is 19.1 Å². The largest absolute Gasteiger partial charge is 0.351 e. The van der Waals surface area contributed by atoms with Crippen LogP contribution in [0.2, 0.25) is 0 Å². The number of carbonyl (C=O) groups is 2. The molecular weight excluding hydrogens is 449 g/mol. The number of amides is 1. The van der Waals surface area contributed by atoms with E-state index in [1.807, 2.05) is 20.8 Å². The van der Waals surface area contributed by atoms with Crippen molar-refractivity contribution in [3.63, 3.8) is 0 Å². The molecular formula is C25H35ClFNO3S. The maximum absolute atomic E-state index is 13.3. The molecule has 2 aliphatic rings. The Bertz CT molecular complexity index is 752. The predicted octanol–water partition coefficient (Wildman–Crippen LogP) is 6.91. The normalized spacial score (nSPS) is 18.3. The van der Waals surface area contributed by atoms with Gasteiger partial charge in [0.15, 0.2) is 0 Å². The van der Waals surface area contributed by atoms with E-state index >= 15 is 0 Å². The molecule has 32 heavy (non-hydrogen) atoms. The molecule has 1 amide bonds. The zero-order valence-electron chi connectivity index (χ0n) is 19.3. The summed E-state index contributed by atoms with van der Waals surface area (Å²) >= 11 is 8.09. The van der Waals surface area contributed by atoms with Crippen molar-refractivity contribution in [2.75, 3.05) is 18.8 Å². The maximum atomic E-state index is 13.3. The summed E-state index contributed by atoms with van der Waals surface area (Å²) in [6.45, 7) is 10.4. The number of halogens is 2. The number of likely N-dealkylation sites (tertiary alicyclic amines) is 1. The Kier molecular flexibility index (Phi) is 14.1. The summed E-state index contributed by atoms with van der Waals surface area (Å²) in [6.07, 6.45) is 14.9. The fourth-order valence-electron chi connectivity index (χ4n) is 3.54. The average molecular weight is 484 g/mol. The Morgan fingerprint density at radius 3 is 2.62 bits per heavy atom. The van der Waals surface area contributed by atoms with Crippen LogP contribution in [0.5, 0.6) is 0 Å². The Balaban J connectivity index is 0.00000249. The van der Waals surface area contributed by atoms with E-state index in [9.17, 15) is 14.1 Å². The lowest BCUT2D eigenvalue weighted by Crippen LogP contribution is -2.43. The van der Waals surface area contributed by atoms with Gasteiger partial charge in [0, 0.05) is 28.4 Å². The van der Waals surface area contributed by atoms with Gasteiger partial charge in [-0.15, -0.1) is 11.8 Å². The van der Waals surface area contributed by atoms with Crippen molar-refractivity contribution in [1.29, 1.82) is 0 Å². The van der Waals surface area contributed by atoms with E-state index in [2.05, 4.69) is 29.7 Å². The Morgan fingerprint density at radius 2 is 2.06 bits per heavy atom. The summed E-state index contributed by atoms with van der Waals surface area (Å²) in [5.74, 6) is -0.829. The standard InChI is InChI=1S/C23H29ClFNO3S.C2H6/c1-3-4-10-21(24)17(2)15-19(16-30-20-8-6-5-7-9-20)22(27)26-13-11-18(12-14-26)23(28)29-25;1-2/h3-6,8,10,18-19H,1,7,9,11-16H2,2H3;1-2H3/b10-4-,21-17-;. The number of carbonyl (C=O) groups excluding carboxylic acids is 2. The molecule has 1 fully saturated rings. The van der Waals surface area contributed by atoms with Gasteiger partial charge in [-0.3, -0.25) is 9.74 Å². The van der Waals surface area contributed by atoms with Crippen LogP contribution in [0.4, 0.5) is 4.53 Å². The lowest BCUT2D eigenvalue weighted by Gasteiger charge is -2.33. The van der Waals surface area contributed by atoms with Gasteiger partial charge in [-0.05, 0) is 50.0 Å². The van der Waals surface area contributed by atoms with Gasteiger partial charge in [-0.1, -0.05) is 68.0 Å². The second-order valence-corrected chi connectivity index (χ2v) is 9.08. The minimum absolute atomic E-state index is 0.0537. The highest BCUT2D eigenvalue weighted by atomic mass is 35.5. The van der Waals surface area contributed by atoms with E-state index in [1.54, 1.807) is 34.9 Å². The number of rotatable bonds is 9. The highest BCUT2D eigenvalue weighted by molar-refractivity contribution is 8.03. The number of thioether (sulfide) groups is 1. The zero-order valence-corrected chi connectivity index (χ0v) is 20.9. The number of hydrogen-bond donors (Lipinski definition) is 0. The Labute approximate surface area is 201 Å². The van der Waals surface area contributed by atoms with Gasteiger partial charge in [-0.2, -0.15) is 0 Å². The van der Waals surface area contributed by atoms with E-state index in [-0.39, 0.29) is 11.8 Å². The minimum Gasteiger partial charge on any atom is -0.342 e. The summed E-state index contributed by atoms with van der Waals surface area (Å²) in [7, 11) is 0. The SMILES string of the molecule is C=C/C=C\C(Cl)=C(/C)CC(CSC1=CC=CCC1)C(=O)N1CCC(C(=O)OF)CC1.CC. The summed E-state index contributed by atoms with van der Waals surface area (Å²) in [5.41, 5.74) is 0.946. The number of nitrogens with zero attached hydrogens (tertiary/aromatic N) is 1. The Morgan fingerprint density at radius 1 is 1.38 bits per heavy atom. The molecule has 0 spiro atoms. The van der Waals surface area contributed by atoms with Gasteiger partial charge in [0.1, 0.15) is 0 Å². The molecule has 0 saturated carbocycles. The van der Waals surface area contributed by atoms with Crippen LogP contribution in [0.1, 0.15) is 52.9 Å². The first-order valence-electron chi connectivity index (χ1n) is 11.2. The molecule has 0 aromatic rings. The quantitative estimate of drug-likeness (QED) is 0.334. The summed E-state index contributed by atoms with van der Waals surface area (Å²) in [6, 6.07) is 0. The smallest absolute Gasteiger partial charge is 0.342 e. The first-order valence-corrected chi connectivity index (χ1v) is 12.6. The van der Waals surface area contributed by atoms with Crippen LogP contribution in [-0.4, -0.2) is 35.6 Å². The summed E-state index contributed by atoms with van der Waals surface area (Å²) in [5, 5.41) is 0.613. The van der Waals surface area contributed by atoms with Crippen molar-refractivity contribution >= 4 is 35.2 Å². The lowest BCUT2D eigenvalue weighted by atomic mass is 9.94. The van der Waals surface area contributed by atoms with E-state index in [1.165, 1.54) is 4.91 Å².